The van der Waals surface area contributed by atoms with Crippen LogP contribution in [0.25, 0.3) is 11.1 Å². The Kier molecular flexibility index (Phi) is 7.72. The summed E-state index contributed by atoms with van der Waals surface area (Å²) in [5, 5.41) is 8.66. The van der Waals surface area contributed by atoms with E-state index in [2.05, 4.69) is 76.2 Å². The van der Waals surface area contributed by atoms with Crippen molar-refractivity contribution in [1.82, 2.24) is 0 Å². The molecular formula is C24H33BO5. The van der Waals surface area contributed by atoms with E-state index in [1.807, 2.05) is 0 Å². The highest BCUT2D eigenvalue weighted by molar-refractivity contribution is 6.67. The second-order valence-electron chi connectivity index (χ2n) is 8.65. The number of benzene rings is 2. The predicted molar refractivity (Wildman–Crippen MR) is 120 cm³/mol. The number of hydrogen-bond donors (Lipinski definition) is 1. The molecule has 1 N–H and O–H groups in total. The second kappa shape index (κ2) is 10.1. The summed E-state index contributed by atoms with van der Waals surface area (Å²) in [6.45, 7) is 10.8. The van der Waals surface area contributed by atoms with Gasteiger partial charge in [0.1, 0.15) is 0 Å². The van der Waals surface area contributed by atoms with E-state index in [4.69, 9.17) is 24.0 Å². The number of ether oxygens (including phenoxy) is 3. The molecule has 0 unspecified atom stereocenters. The molecule has 0 aliphatic carbocycles. The molecule has 0 radical (unpaired) electrons. The summed E-state index contributed by atoms with van der Waals surface area (Å²) in [4.78, 5) is 0. The van der Waals surface area contributed by atoms with Gasteiger partial charge in [0.15, 0.2) is 0 Å². The minimum absolute atomic E-state index is 0.0417. The Labute approximate surface area is 180 Å². The highest BCUT2D eigenvalue weighted by Gasteiger charge is 2.46. The lowest BCUT2D eigenvalue weighted by Gasteiger charge is -2.47. The summed E-state index contributed by atoms with van der Waals surface area (Å²) in [6, 6.07) is 16.9. The van der Waals surface area contributed by atoms with Gasteiger partial charge in [-0.3, -0.25) is 0 Å². The third kappa shape index (κ3) is 5.71. The molecule has 3 rings (SSSR count). The maximum Gasteiger partial charge on any atom is 0.354 e. The monoisotopic (exact) mass is 412 g/mol. The van der Waals surface area contributed by atoms with Crippen LogP contribution in [0, 0.1) is 0 Å². The van der Waals surface area contributed by atoms with Crippen LogP contribution in [-0.2, 0) is 25.5 Å². The molecular weight excluding hydrogens is 379 g/mol. The number of aliphatic hydroxyl groups is 1. The normalized spacial score (nSPS) is 17.8. The zero-order valence-corrected chi connectivity index (χ0v) is 18.5. The Hall–Kier alpha value is -1.70. The number of hydrogen-bond acceptors (Lipinski definition) is 5. The van der Waals surface area contributed by atoms with Gasteiger partial charge in [0.2, 0.25) is 0 Å². The lowest BCUT2D eigenvalue weighted by molar-refractivity contribution is -0.152. The Morgan fingerprint density at radius 1 is 0.833 bits per heavy atom. The van der Waals surface area contributed by atoms with Crippen LogP contribution >= 0.6 is 0 Å². The maximum atomic E-state index is 8.66. The molecule has 0 atom stereocenters. The van der Waals surface area contributed by atoms with Crippen LogP contribution in [0.15, 0.2) is 48.5 Å². The summed E-state index contributed by atoms with van der Waals surface area (Å²) in [5.41, 5.74) is 3.93. The molecule has 0 aromatic heterocycles. The molecule has 1 fully saturated rings. The van der Waals surface area contributed by atoms with E-state index < -0.39 is 0 Å². The summed E-state index contributed by atoms with van der Waals surface area (Å²) >= 11 is 0. The van der Waals surface area contributed by atoms with Crippen molar-refractivity contribution in [1.29, 1.82) is 0 Å². The fraction of sp³-hybridized carbons (Fsp3) is 0.500. The van der Waals surface area contributed by atoms with Gasteiger partial charge in [0.05, 0.1) is 50.7 Å². The van der Waals surface area contributed by atoms with Gasteiger partial charge in [-0.1, -0.05) is 48.5 Å². The average molecular weight is 412 g/mol. The van der Waals surface area contributed by atoms with Crippen molar-refractivity contribution < 1.29 is 24.0 Å². The third-order valence-electron chi connectivity index (χ3n) is 5.93. The van der Waals surface area contributed by atoms with Crippen LogP contribution in [0.5, 0.6) is 0 Å². The van der Waals surface area contributed by atoms with Crippen LogP contribution in [0.2, 0.25) is 0 Å². The molecule has 0 saturated carbocycles. The largest absolute Gasteiger partial charge is 0.421 e. The first-order chi connectivity index (χ1) is 14.3. The Morgan fingerprint density at radius 3 is 2.03 bits per heavy atom. The zero-order chi connectivity index (χ0) is 21.6. The molecule has 0 amide bonds. The van der Waals surface area contributed by atoms with E-state index in [-0.39, 0.29) is 24.7 Å². The fourth-order valence-corrected chi connectivity index (χ4v) is 3.31. The van der Waals surface area contributed by atoms with Crippen molar-refractivity contribution >= 4 is 12.4 Å². The molecule has 1 aliphatic rings. The van der Waals surface area contributed by atoms with E-state index in [0.717, 1.165) is 11.0 Å². The molecule has 1 saturated heterocycles. The van der Waals surface area contributed by atoms with Gasteiger partial charge in [-0.2, -0.15) is 0 Å². The molecule has 1 heterocycles. The van der Waals surface area contributed by atoms with E-state index in [9.17, 15) is 0 Å². The molecule has 1 aliphatic heterocycles. The van der Waals surface area contributed by atoms with Gasteiger partial charge in [-0.25, -0.2) is 0 Å². The lowest BCUT2D eigenvalue weighted by Crippen LogP contribution is -2.61. The topological polar surface area (TPSA) is 57.2 Å². The van der Waals surface area contributed by atoms with Crippen molar-refractivity contribution in [2.24, 2.45) is 0 Å². The number of aliphatic hydroxyl groups excluding tert-OH is 1. The minimum atomic E-state index is -0.350. The molecule has 162 valence electrons. The van der Waals surface area contributed by atoms with Gasteiger partial charge < -0.3 is 24.0 Å². The molecule has 0 bridgehead atoms. The van der Waals surface area contributed by atoms with Crippen LogP contribution in [0.3, 0.4) is 0 Å². The smallest absolute Gasteiger partial charge is 0.354 e. The van der Waals surface area contributed by atoms with Crippen molar-refractivity contribution in [2.75, 3.05) is 32.9 Å². The average Bonchev–Trinajstić information content (AvgIpc) is 2.73. The van der Waals surface area contributed by atoms with Gasteiger partial charge in [-0.15, -0.1) is 0 Å². The lowest BCUT2D eigenvalue weighted by atomic mass is 9.59. The van der Waals surface area contributed by atoms with Gasteiger partial charge in [-0.05, 0) is 49.8 Å². The summed E-state index contributed by atoms with van der Waals surface area (Å²) in [6.07, 6.45) is 0. The molecule has 0 spiro atoms. The molecule has 30 heavy (non-hydrogen) atoms. The Bertz CT molecular complexity index is 786. The molecule has 2 aromatic carbocycles. The van der Waals surface area contributed by atoms with Crippen molar-refractivity contribution in [3.63, 3.8) is 0 Å². The van der Waals surface area contributed by atoms with Gasteiger partial charge in [0, 0.05) is 0 Å². The van der Waals surface area contributed by atoms with Crippen LogP contribution in [-0.4, -0.2) is 56.2 Å². The second-order valence-corrected chi connectivity index (χ2v) is 8.65. The first-order valence-electron chi connectivity index (χ1n) is 10.6. The Balaban J connectivity index is 1.55. The van der Waals surface area contributed by atoms with Crippen LogP contribution < -0.4 is 5.46 Å². The van der Waals surface area contributed by atoms with E-state index in [0.29, 0.717) is 32.9 Å². The van der Waals surface area contributed by atoms with Gasteiger partial charge in [0.25, 0.3) is 0 Å². The molecule has 6 heteroatoms. The standard InChI is InChI=1S/C24H33BO5/c1-23(2)24(3,4)30-25(18-29-23)22-11-9-21(10-12-22)20-7-5-19(6-8-20)17-28-16-15-27-14-13-26/h5-12,26H,13-18H2,1-4H3. The van der Waals surface area contributed by atoms with Crippen molar-refractivity contribution in [2.45, 2.75) is 45.5 Å². The fourth-order valence-electron chi connectivity index (χ4n) is 3.31. The van der Waals surface area contributed by atoms with Crippen LogP contribution in [0.1, 0.15) is 33.3 Å². The first kappa shape index (κ1) is 23.0. The third-order valence-corrected chi connectivity index (χ3v) is 5.93. The molecule has 5 nitrogen and oxygen atoms in total. The number of rotatable bonds is 9. The SMILES string of the molecule is CC1(C)OCB(c2ccc(-c3ccc(COCCOCCO)cc3)cc2)OC1(C)C. The quantitative estimate of drug-likeness (QED) is 0.506. The summed E-state index contributed by atoms with van der Waals surface area (Å²) < 4.78 is 23.2. The predicted octanol–water partition coefficient (Wildman–Crippen LogP) is 3.22. The maximum absolute atomic E-state index is 8.66. The van der Waals surface area contributed by atoms with E-state index >= 15 is 0 Å². The van der Waals surface area contributed by atoms with Crippen molar-refractivity contribution in [3.8, 4) is 11.1 Å². The van der Waals surface area contributed by atoms with Gasteiger partial charge >= 0.3 is 6.92 Å². The zero-order valence-electron chi connectivity index (χ0n) is 18.5. The Morgan fingerprint density at radius 2 is 1.43 bits per heavy atom. The minimum Gasteiger partial charge on any atom is -0.421 e. The summed E-state index contributed by atoms with van der Waals surface area (Å²) in [7, 11) is 0. The first-order valence-corrected chi connectivity index (χ1v) is 10.6. The highest BCUT2D eigenvalue weighted by Crippen LogP contribution is 2.33. The van der Waals surface area contributed by atoms with E-state index in [1.165, 1.54) is 11.1 Å². The molecule has 2 aromatic rings. The summed E-state index contributed by atoms with van der Waals surface area (Å²) in [5.74, 6) is 0. The highest BCUT2D eigenvalue weighted by atomic mass is 16.6. The van der Waals surface area contributed by atoms with E-state index in [1.54, 1.807) is 0 Å². The van der Waals surface area contributed by atoms with Crippen molar-refractivity contribution in [3.05, 3.63) is 54.1 Å². The van der Waals surface area contributed by atoms with Crippen LogP contribution in [0.4, 0.5) is 0 Å².